The summed E-state index contributed by atoms with van der Waals surface area (Å²) >= 11 is 0. The van der Waals surface area contributed by atoms with Crippen molar-refractivity contribution < 1.29 is 4.79 Å². The zero-order valence-electron chi connectivity index (χ0n) is 12.9. The number of nitrogens with zero attached hydrogens (tertiary/aromatic N) is 4. The predicted octanol–water partition coefficient (Wildman–Crippen LogP) is 2.01. The number of aromatic nitrogens is 2. The number of piperidine rings is 1. The number of nitrogen functional groups attached to an aromatic ring is 1. The van der Waals surface area contributed by atoms with Crippen LogP contribution in [0.15, 0.2) is 30.5 Å². The molecule has 2 heterocycles. The van der Waals surface area contributed by atoms with Crippen molar-refractivity contribution in [2.75, 3.05) is 18.8 Å². The maximum absolute atomic E-state index is 12.4. The Bertz CT molecular complexity index is 735. The average Bonchev–Trinajstić information content (AvgIpc) is 2.96. The number of nitrogens with two attached hydrogens (primary N) is 1. The number of carbonyl (C=O) groups excluding carboxylic acids is 1. The van der Waals surface area contributed by atoms with Gasteiger partial charge in [0.05, 0.1) is 6.20 Å². The van der Waals surface area contributed by atoms with E-state index in [9.17, 15) is 4.79 Å². The highest BCUT2D eigenvalue weighted by Gasteiger charge is 2.16. The van der Waals surface area contributed by atoms with E-state index < -0.39 is 0 Å². The van der Waals surface area contributed by atoms with Gasteiger partial charge in [-0.05, 0) is 43.6 Å². The van der Waals surface area contributed by atoms with Crippen molar-refractivity contribution in [1.29, 1.82) is 5.26 Å². The quantitative estimate of drug-likeness (QED) is 0.937. The van der Waals surface area contributed by atoms with Crippen LogP contribution < -0.4 is 5.73 Å². The van der Waals surface area contributed by atoms with Gasteiger partial charge in [-0.3, -0.25) is 9.69 Å². The Morgan fingerprint density at radius 3 is 2.52 bits per heavy atom. The fourth-order valence-electron chi connectivity index (χ4n) is 2.86. The number of benzene rings is 1. The molecule has 2 N–H and O–H groups in total. The van der Waals surface area contributed by atoms with Gasteiger partial charge >= 0.3 is 0 Å². The van der Waals surface area contributed by atoms with Gasteiger partial charge in [0.25, 0.3) is 5.91 Å². The highest BCUT2D eigenvalue weighted by Crippen LogP contribution is 2.15. The highest BCUT2D eigenvalue weighted by atomic mass is 16.2. The number of carbonyl (C=O) groups is 1. The van der Waals surface area contributed by atoms with E-state index in [1.165, 1.54) is 31.0 Å². The summed E-state index contributed by atoms with van der Waals surface area (Å²) in [5.74, 6) is -0.247. The summed E-state index contributed by atoms with van der Waals surface area (Å²) in [5, 5.41) is 12.8. The second-order valence-corrected chi connectivity index (χ2v) is 5.81. The van der Waals surface area contributed by atoms with Gasteiger partial charge in [-0.1, -0.05) is 18.6 Å². The Labute approximate surface area is 135 Å². The molecule has 0 radical (unpaired) electrons. The van der Waals surface area contributed by atoms with Gasteiger partial charge < -0.3 is 5.73 Å². The maximum atomic E-state index is 12.4. The first-order valence-electron chi connectivity index (χ1n) is 7.78. The summed E-state index contributed by atoms with van der Waals surface area (Å²) < 4.78 is 1.07. The van der Waals surface area contributed by atoms with Crippen molar-refractivity contribution in [2.45, 2.75) is 25.8 Å². The molecule has 0 unspecified atom stereocenters. The van der Waals surface area contributed by atoms with Crippen molar-refractivity contribution in [3.8, 4) is 6.07 Å². The first-order valence-corrected chi connectivity index (χ1v) is 7.78. The lowest BCUT2D eigenvalue weighted by molar-refractivity contribution is 0.0948. The van der Waals surface area contributed by atoms with Gasteiger partial charge in [0.15, 0.2) is 0 Å². The zero-order chi connectivity index (χ0) is 16.2. The number of hydrogen-bond acceptors (Lipinski definition) is 5. The van der Waals surface area contributed by atoms with Crippen LogP contribution in [0.4, 0.5) is 5.82 Å². The summed E-state index contributed by atoms with van der Waals surface area (Å²) in [6.07, 6.45) is 5.14. The van der Waals surface area contributed by atoms with Crippen LogP contribution in [-0.4, -0.2) is 33.7 Å². The minimum absolute atomic E-state index is 0.0786. The summed E-state index contributed by atoms with van der Waals surface area (Å²) in [4.78, 5) is 14.8. The lowest BCUT2D eigenvalue weighted by Crippen LogP contribution is -2.29. The topological polar surface area (TPSA) is 87.9 Å². The van der Waals surface area contributed by atoms with Crippen LogP contribution in [0.25, 0.3) is 0 Å². The smallest absolute Gasteiger partial charge is 0.280 e. The van der Waals surface area contributed by atoms with Crippen LogP contribution in [-0.2, 0) is 6.54 Å². The van der Waals surface area contributed by atoms with E-state index in [2.05, 4.69) is 10.00 Å². The fourth-order valence-corrected chi connectivity index (χ4v) is 2.86. The molecule has 1 saturated heterocycles. The first kappa shape index (κ1) is 15.3. The molecule has 6 nitrogen and oxygen atoms in total. The summed E-state index contributed by atoms with van der Waals surface area (Å²) in [7, 11) is 0. The summed E-state index contributed by atoms with van der Waals surface area (Å²) in [5.41, 5.74) is 7.66. The molecule has 0 saturated carbocycles. The van der Waals surface area contributed by atoms with Gasteiger partial charge in [-0.15, -0.1) is 0 Å². The molecule has 2 aromatic rings. The second kappa shape index (κ2) is 6.63. The molecule has 1 aromatic heterocycles. The number of nitriles is 1. The third-order valence-electron chi connectivity index (χ3n) is 4.18. The predicted molar refractivity (Wildman–Crippen MR) is 86.7 cm³/mol. The number of anilines is 1. The van der Waals surface area contributed by atoms with Crippen LogP contribution in [0.5, 0.6) is 0 Å². The van der Waals surface area contributed by atoms with Crippen LogP contribution >= 0.6 is 0 Å². The molecule has 0 atom stereocenters. The zero-order valence-corrected chi connectivity index (χ0v) is 12.9. The normalized spacial score (nSPS) is 15.3. The molecule has 3 rings (SSSR count). The Morgan fingerprint density at radius 1 is 1.22 bits per heavy atom. The molecular weight excluding hydrogens is 290 g/mol. The van der Waals surface area contributed by atoms with Crippen LogP contribution in [0.2, 0.25) is 0 Å². The molecule has 0 aliphatic carbocycles. The monoisotopic (exact) mass is 309 g/mol. The fraction of sp³-hybridized carbons (Fsp3) is 0.353. The van der Waals surface area contributed by atoms with E-state index in [1.54, 1.807) is 12.1 Å². The molecule has 0 amide bonds. The Balaban J connectivity index is 1.72. The summed E-state index contributed by atoms with van der Waals surface area (Å²) in [6, 6.07) is 9.41. The van der Waals surface area contributed by atoms with Crippen molar-refractivity contribution in [3.63, 3.8) is 0 Å². The lowest BCUT2D eigenvalue weighted by atomic mass is 10.1. The molecule has 1 fully saturated rings. The lowest BCUT2D eigenvalue weighted by Gasteiger charge is -2.26. The number of hydrogen-bond donors (Lipinski definition) is 1. The Morgan fingerprint density at radius 2 is 1.91 bits per heavy atom. The number of likely N-dealkylation sites (tertiary alicyclic amines) is 1. The molecule has 1 aliphatic rings. The van der Waals surface area contributed by atoms with Crippen LogP contribution in [0.1, 0.15) is 40.7 Å². The molecule has 1 aliphatic heterocycles. The van der Waals surface area contributed by atoms with Crippen molar-refractivity contribution >= 4 is 11.7 Å². The third-order valence-corrected chi connectivity index (χ3v) is 4.18. The van der Waals surface area contributed by atoms with E-state index in [0.29, 0.717) is 5.56 Å². The number of rotatable bonds is 3. The third kappa shape index (κ3) is 3.25. The van der Waals surface area contributed by atoms with Gasteiger partial charge in [-0.2, -0.15) is 15.0 Å². The molecule has 1 aromatic carbocycles. The maximum Gasteiger partial charge on any atom is 0.280 e. The van der Waals surface area contributed by atoms with E-state index >= 15 is 0 Å². The van der Waals surface area contributed by atoms with E-state index in [-0.39, 0.29) is 17.3 Å². The first-order chi connectivity index (χ1) is 11.2. The van der Waals surface area contributed by atoms with Crippen LogP contribution in [0.3, 0.4) is 0 Å². The van der Waals surface area contributed by atoms with Gasteiger partial charge in [0.1, 0.15) is 17.5 Å². The Kier molecular flexibility index (Phi) is 4.40. The van der Waals surface area contributed by atoms with E-state index in [1.807, 2.05) is 18.2 Å². The van der Waals surface area contributed by atoms with Crippen molar-refractivity contribution in [1.82, 2.24) is 14.7 Å². The standard InChI is InChI=1S/C17H19N5O/c18-10-15-11-20-22(16(15)19)17(23)14-6-4-13(5-7-14)12-21-8-2-1-3-9-21/h4-7,11H,1-3,8-9,12,19H2. The molecule has 23 heavy (non-hydrogen) atoms. The molecule has 0 bridgehead atoms. The molecule has 6 heteroatoms. The largest absolute Gasteiger partial charge is 0.382 e. The molecule has 118 valence electrons. The van der Waals surface area contributed by atoms with E-state index in [0.717, 1.165) is 24.3 Å². The van der Waals surface area contributed by atoms with Crippen LogP contribution in [0, 0.1) is 11.3 Å². The molecular formula is C17H19N5O. The van der Waals surface area contributed by atoms with E-state index in [4.69, 9.17) is 11.0 Å². The van der Waals surface area contributed by atoms with Gasteiger partial charge in [0, 0.05) is 12.1 Å². The van der Waals surface area contributed by atoms with Gasteiger partial charge in [-0.25, -0.2) is 0 Å². The molecule has 0 spiro atoms. The minimum Gasteiger partial charge on any atom is -0.382 e. The van der Waals surface area contributed by atoms with Crippen molar-refractivity contribution in [2.24, 2.45) is 0 Å². The average molecular weight is 309 g/mol. The minimum atomic E-state index is -0.325. The highest BCUT2D eigenvalue weighted by molar-refractivity contribution is 5.97. The second-order valence-electron chi connectivity index (χ2n) is 5.81. The SMILES string of the molecule is N#Cc1cnn(C(=O)c2ccc(CN3CCCCC3)cc2)c1N. The van der Waals surface area contributed by atoms with Gasteiger partial charge in [0.2, 0.25) is 0 Å². The van der Waals surface area contributed by atoms with Crippen molar-refractivity contribution in [3.05, 3.63) is 47.2 Å². The Hall–Kier alpha value is -2.65. The summed E-state index contributed by atoms with van der Waals surface area (Å²) in [6.45, 7) is 3.19.